The topological polar surface area (TPSA) is 114 Å². The minimum atomic E-state index is -1.16. The van der Waals surface area contributed by atoms with E-state index in [-0.39, 0.29) is 6.61 Å². The van der Waals surface area contributed by atoms with Gasteiger partial charge in [0.15, 0.2) is 18.3 Å². The summed E-state index contributed by atoms with van der Waals surface area (Å²) in [4.78, 5) is 45.1. The van der Waals surface area contributed by atoms with E-state index < -0.39 is 53.7 Å². The highest BCUT2D eigenvalue weighted by molar-refractivity contribution is 7.80. The second kappa shape index (κ2) is 8.88. The first-order chi connectivity index (χ1) is 11.1. The highest BCUT2D eigenvalue weighted by atomic mass is 32.1. The second-order valence-corrected chi connectivity index (χ2v) is 5.60. The van der Waals surface area contributed by atoms with Crippen molar-refractivity contribution in [2.75, 3.05) is 6.61 Å². The van der Waals surface area contributed by atoms with Gasteiger partial charge in [-0.3, -0.25) is 19.2 Å². The van der Waals surface area contributed by atoms with Crippen molar-refractivity contribution < 1.29 is 42.9 Å². The average molecular weight is 364 g/mol. The van der Waals surface area contributed by atoms with Crippen LogP contribution in [0.25, 0.3) is 0 Å². The zero-order chi connectivity index (χ0) is 18.4. The van der Waals surface area contributed by atoms with Gasteiger partial charge in [0.1, 0.15) is 18.1 Å². The van der Waals surface area contributed by atoms with Crippen LogP contribution in [0.4, 0.5) is 0 Å². The van der Waals surface area contributed by atoms with Gasteiger partial charge in [-0.2, -0.15) is 0 Å². The third-order valence-electron chi connectivity index (χ3n) is 2.97. The molecule has 0 amide bonds. The van der Waals surface area contributed by atoms with Crippen molar-refractivity contribution in [3.8, 4) is 0 Å². The summed E-state index contributed by atoms with van der Waals surface area (Å²) in [6, 6.07) is 0. The maximum atomic E-state index is 11.4. The van der Waals surface area contributed by atoms with E-state index in [1.165, 1.54) is 6.92 Å². The minimum absolute atomic E-state index is 0.255. The fraction of sp³-hybridized carbons (Fsp3) is 0.714. The van der Waals surface area contributed by atoms with Gasteiger partial charge in [-0.1, -0.05) is 0 Å². The number of ether oxygens (including phenoxy) is 5. The van der Waals surface area contributed by atoms with E-state index in [1.54, 1.807) is 0 Å². The van der Waals surface area contributed by atoms with Crippen LogP contribution < -0.4 is 0 Å². The van der Waals surface area contributed by atoms with Gasteiger partial charge >= 0.3 is 23.9 Å². The Kier molecular flexibility index (Phi) is 7.49. The van der Waals surface area contributed by atoms with Crippen LogP contribution in [0.1, 0.15) is 27.7 Å². The lowest BCUT2D eigenvalue weighted by molar-refractivity contribution is -0.237. The Morgan fingerprint density at radius 1 is 0.792 bits per heavy atom. The number of rotatable bonds is 5. The number of esters is 4. The van der Waals surface area contributed by atoms with E-state index in [4.69, 9.17) is 23.7 Å². The van der Waals surface area contributed by atoms with Gasteiger partial charge in [0, 0.05) is 27.7 Å². The van der Waals surface area contributed by atoms with E-state index in [9.17, 15) is 19.2 Å². The Balaban J connectivity index is 3.11. The zero-order valence-electron chi connectivity index (χ0n) is 13.7. The highest BCUT2D eigenvalue weighted by Crippen LogP contribution is 2.30. The Hall–Kier alpha value is -1.81. The van der Waals surface area contributed by atoms with E-state index in [0.29, 0.717) is 0 Å². The van der Waals surface area contributed by atoms with Gasteiger partial charge in [-0.15, -0.1) is 12.6 Å². The van der Waals surface area contributed by atoms with Crippen molar-refractivity contribution in [3.63, 3.8) is 0 Å². The summed E-state index contributed by atoms with van der Waals surface area (Å²) in [6.07, 6.45) is -4.35. The number of hydrogen-bond donors (Lipinski definition) is 1. The summed E-state index contributed by atoms with van der Waals surface area (Å²) < 4.78 is 25.8. The molecule has 1 aliphatic rings. The molecule has 24 heavy (non-hydrogen) atoms. The molecular weight excluding hydrogens is 344 g/mol. The Morgan fingerprint density at radius 3 is 1.71 bits per heavy atom. The lowest BCUT2D eigenvalue weighted by Crippen LogP contribution is -2.61. The molecule has 1 rings (SSSR count). The van der Waals surface area contributed by atoms with Crippen LogP contribution in [0, 0.1) is 0 Å². The van der Waals surface area contributed by atoms with Crippen LogP contribution in [0.5, 0.6) is 0 Å². The predicted octanol–water partition coefficient (Wildman–Crippen LogP) is -0.000700. The van der Waals surface area contributed by atoms with E-state index in [2.05, 4.69) is 12.6 Å². The van der Waals surface area contributed by atoms with Crippen LogP contribution in [-0.4, -0.2) is 60.3 Å². The van der Waals surface area contributed by atoms with Crippen molar-refractivity contribution >= 4 is 36.5 Å². The lowest BCUT2D eigenvalue weighted by atomic mass is 9.99. The third-order valence-corrected chi connectivity index (χ3v) is 3.38. The molecule has 0 aromatic rings. The standard InChI is InChI=1S/C14H20O9S/c1-6(15)19-5-10-11(20-7(2)16)12(21-8(3)17)13(14(24)23-10)22-9(4)18/h10-14,24H,5H2,1-4H3/t10-,11+,12-,13+,14+/m0/s1. The molecule has 136 valence electrons. The molecule has 0 radical (unpaired) electrons. The Bertz CT molecular complexity index is 506. The maximum absolute atomic E-state index is 11.4. The molecule has 0 aliphatic carbocycles. The molecule has 0 bridgehead atoms. The summed E-state index contributed by atoms with van der Waals surface area (Å²) in [5, 5.41) is 0. The van der Waals surface area contributed by atoms with Crippen LogP contribution >= 0.6 is 12.6 Å². The summed E-state index contributed by atoms with van der Waals surface area (Å²) in [7, 11) is 0. The lowest BCUT2D eigenvalue weighted by Gasteiger charge is -2.42. The molecule has 1 saturated heterocycles. The minimum Gasteiger partial charge on any atom is -0.463 e. The molecule has 10 heteroatoms. The van der Waals surface area contributed by atoms with E-state index in [0.717, 1.165) is 20.8 Å². The second-order valence-electron chi connectivity index (χ2n) is 5.09. The van der Waals surface area contributed by atoms with Gasteiger partial charge in [-0.05, 0) is 0 Å². The highest BCUT2D eigenvalue weighted by Gasteiger charge is 2.51. The molecule has 0 N–H and O–H groups in total. The van der Waals surface area contributed by atoms with E-state index >= 15 is 0 Å². The average Bonchev–Trinajstić information content (AvgIpc) is 2.42. The molecule has 0 unspecified atom stereocenters. The molecule has 5 atom stereocenters. The largest absolute Gasteiger partial charge is 0.463 e. The Labute approximate surface area is 144 Å². The monoisotopic (exact) mass is 364 g/mol. The number of hydrogen-bond acceptors (Lipinski definition) is 10. The number of carbonyl (C=O) groups excluding carboxylic acids is 4. The summed E-state index contributed by atoms with van der Waals surface area (Å²) in [6.45, 7) is 4.42. The van der Waals surface area contributed by atoms with Crippen molar-refractivity contribution in [2.45, 2.75) is 57.5 Å². The van der Waals surface area contributed by atoms with Crippen molar-refractivity contribution in [1.82, 2.24) is 0 Å². The molecule has 0 spiro atoms. The summed E-state index contributed by atoms with van der Waals surface area (Å²) in [5.41, 5.74) is -0.981. The SMILES string of the molecule is CC(=O)OC[C@@H]1O[C@H](S)[C@H](OC(C)=O)[C@@H](OC(C)=O)[C@@H]1OC(C)=O. The summed E-state index contributed by atoms with van der Waals surface area (Å²) >= 11 is 4.18. The van der Waals surface area contributed by atoms with Crippen LogP contribution in [0.2, 0.25) is 0 Å². The first-order valence-electron chi connectivity index (χ1n) is 7.10. The normalized spacial score (nSPS) is 29.3. The molecule has 0 saturated carbocycles. The fourth-order valence-corrected chi connectivity index (χ4v) is 2.59. The predicted molar refractivity (Wildman–Crippen MR) is 80.9 cm³/mol. The van der Waals surface area contributed by atoms with Gasteiger partial charge in [0.2, 0.25) is 0 Å². The first-order valence-corrected chi connectivity index (χ1v) is 7.62. The smallest absolute Gasteiger partial charge is 0.303 e. The number of thiol groups is 1. The first kappa shape index (κ1) is 20.2. The molecule has 0 aromatic heterocycles. The van der Waals surface area contributed by atoms with Gasteiger partial charge < -0.3 is 23.7 Å². The van der Waals surface area contributed by atoms with Gasteiger partial charge in [0.05, 0.1) is 0 Å². The third kappa shape index (κ3) is 6.00. The molecule has 1 fully saturated rings. The molecular formula is C14H20O9S. The molecule has 1 aliphatic heterocycles. The van der Waals surface area contributed by atoms with Crippen molar-refractivity contribution in [1.29, 1.82) is 0 Å². The summed E-state index contributed by atoms with van der Waals surface area (Å²) in [5.74, 6) is -2.57. The van der Waals surface area contributed by atoms with Crippen molar-refractivity contribution in [3.05, 3.63) is 0 Å². The van der Waals surface area contributed by atoms with E-state index in [1.807, 2.05) is 0 Å². The molecule has 1 heterocycles. The van der Waals surface area contributed by atoms with Crippen molar-refractivity contribution in [2.24, 2.45) is 0 Å². The van der Waals surface area contributed by atoms with Gasteiger partial charge in [0.25, 0.3) is 0 Å². The molecule has 9 nitrogen and oxygen atoms in total. The zero-order valence-corrected chi connectivity index (χ0v) is 14.6. The van der Waals surface area contributed by atoms with Crippen LogP contribution in [0.3, 0.4) is 0 Å². The fourth-order valence-electron chi connectivity index (χ4n) is 2.21. The molecule has 0 aromatic carbocycles. The van der Waals surface area contributed by atoms with Gasteiger partial charge in [-0.25, -0.2) is 0 Å². The van der Waals surface area contributed by atoms with Crippen LogP contribution in [0.15, 0.2) is 0 Å². The quantitative estimate of drug-likeness (QED) is 0.409. The van der Waals surface area contributed by atoms with Crippen LogP contribution in [-0.2, 0) is 42.9 Å². The number of carbonyl (C=O) groups is 4. The maximum Gasteiger partial charge on any atom is 0.303 e. The Morgan fingerprint density at radius 2 is 1.25 bits per heavy atom.